The normalized spacial score (nSPS) is 17.1. The molecule has 0 N–H and O–H groups in total. The smallest absolute Gasteiger partial charge is 0.240 e. The Labute approximate surface area is 165 Å². The van der Waals surface area contributed by atoms with Crippen LogP contribution < -0.4 is 4.90 Å². The molecule has 1 aliphatic heterocycles. The van der Waals surface area contributed by atoms with E-state index in [0.717, 1.165) is 16.8 Å². The van der Waals surface area contributed by atoms with Crippen molar-refractivity contribution in [1.29, 1.82) is 0 Å². The largest absolute Gasteiger partial charge is 0.313 e. The minimum atomic E-state index is -0.298. The third-order valence-electron chi connectivity index (χ3n) is 4.36. The summed E-state index contributed by atoms with van der Waals surface area (Å²) in [6.07, 6.45) is 1.78. The molecule has 0 bridgehead atoms. The van der Waals surface area contributed by atoms with Crippen molar-refractivity contribution in [1.82, 2.24) is 9.55 Å². The van der Waals surface area contributed by atoms with E-state index in [0.29, 0.717) is 21.7 Å². The van der Waals surface area contributed by atoms with Crippen molar-refractivity contribution >= 4 is 46.8 Å². The molecule has 2 aromatic carbocycles. The second-order valence-corrected chi connectivity index (χ2v) is 7.81. The van der Waals surface area contributed by atoms with Crippen molar-refractivity contribution in [3.8, 4) is 11.3 Å². The van der Waals surface area contributed by atoms with Gasteiger partial charge in [0.15, 0.2) is 0 Å². The van der Waals surface area contributed by atoms with Crippen molar-refractivity contribution in [2.45, 2.75) is 5.37 Å². The van der Waals surface area contributed by atoms with Gasteiger partial charge in [-0.05, 0) is 17.7 Å². The molecule has 1 aromatic heterocycles. The van der Waals surface area contributed by atoms with Gasteiger partial charge in [-0.1, -0.05) is 59.6 Å². The number of amides is 1. The SMILES string of the molecule is Cn1c(-c2ccccc2)cnc1N1C(=O)CSC1c1c(Cl)cccc1Cl. The molecular weight excluding hydrogens is 389 g/mol. The second kappa shape index (κ2) is 6.99. The van der Waals surface area contributed by atoms with Gasteiger partial charge < -0.3 is 4.57 Å². The topological polar surface area (TPSA) is 38.1 Å². The predicted octanol–water partition coefficient (Wildman–Crippen LogP) is 5.17. The quantitative estimate of drug-likeness (QED) is 0.604. The highest BCUT2D eigenvalue weighted by Gasteiger charge is 2.38. The highest BCUT2D eigenvalue weighted by molar-refractivity contribution is 8.00. The summed E-state index contributed by atoms with van der Waals surface area (Å²) in [4.78, 5) is 18.9. The number of carbonyl (C=O) groups excluding carboxylic acids is 1. The molecule has 4 nitrogen and oxygen atoms in total. The molecule has 1 amide bonds. The summed E-state index contributed by atoms with van der Waals surface area (Å²) in [5, 5.41) is 0.799. The fraction of sp³-hybridized carbons (Fsp3) is 0.158. The van der Waals surface area contributed by atoms with Crippen LogP contribution in [0.4, 0.5) is 5.95 Å². The number of hydrogen-bond acceptors (Lipinski definition) is 3. The number of rotatable bonds is 3. The van der Waals surface area contributed by atoms with Crippen LogP contribution in [0.3, 0.4) is 0 Å². The zero-order valence-corrected chi connectivity index (χ0v) is 16.2. The minimum Gasteiger partial charge on any atom is -0.313 e. The van der Waals surface area contributed by atoms with E-state index in [-0.39, 0.29) is 11.3 Å². The summed E-state index contributed by atoms with van der Waals surface area (Å²) in [5.41, 5.74) is 2.73. The average Bonchev–Trinajstić information content (AvgIpc) is 3.18. The van der Waals surface area contributed by atoms with Crippen LogP contribution in [0, 0.1) is 0 Å². The maximum Gasteiger partial charge on any atom is 0.240 e. The van der Waals surface area contributed by atoms with Gasteiger partial charge in [-0.2, -0.15) is 0 Å². The zero-order valence-electron chi connectivity index (χ0n) is 13.9. The number of thioether (sulfide) groups is 1. The first-order chi connectivity index (χ1) is 12.6. The van der Waals surface area contributed by atoms with Crippen molar-refractivity contribution in [2.75, 3.05) is 10.7 Å². The fourth-order valence-electron chi connectivity index (χ4n) is 3.10. The molecule has 1 unspecified atom stereocenters. The Bertz CT molecular complexity index is 954. The molecule has 26 heavy (non-hydrogen) atoms. The Morgan fingerprint density at radius 1 is 1.08 bits per heavy atom. The minimum absolute atomic E-state index is 0.00991. The Kier molecular flexibility index (Phi) is 4.69. The van der Waals surface area contributed by atoms with Gasteiger partial charge >= 0.3 is 0 Å². The number of aromatic nitrogens is 2. The molecule has 1 aliphatic rings. The van der Waals surface area contributed by atoms with E-state index in [1.807, 2.05) is 41.9 Å². The van der Waals surface area contributed by atoms with E-state index in [9.17, 15) is 4.79 Å². The van der Waals surface area contributed by atoms with E-state index in [1.165, 1.54) is 11.8 Å². The van der Waals surface area contributed by atoms with Gasteiger partial charge in [0.2, 0.25) is 11.9 Å². The zero-order chi connectivity index (χ0) is 18.3. The lowest BCUT2D eigenvalue weighted by molar-refractivity contribution is -0.115. The van der Waals surface area contributed by atoms with E-state index in [1.54, 1.807) is 29.3 Å². The molecular formula is C19H15Cl2N3OS. The highest BCUT2D eigenvalue weighted by Crippen LogP contribution is 2.46. The third-order valence-corrected chi connectivity index (χ3v) is 6.20. The maximum atomic E-state index is 12.6. The molecule has 1 saturated heterocycles. The van der Waals surface area contributed by atoms with Gasteiger partial charge in [-0.15, -0.1) is 11.8 Å². The van der Waals surface area contributed by atoms with Crippen LogP contribution in [0.25, 0.3) is 11.3 Å². The first kappa shape index (κ1) is 17.5. The Morgan fingerprint density at radius 2 is 1.77 bits per heavy atom. The van der Waals surface area contributed by atoms with Crippen LogP contribution in [-0.4, -0.2) is 21.2 Å². The van der Waals surface area contributed by atoms with Gasteiger partial charge in [-0.25, -0.2) is 4.98 Å². The number of nitrogens with zero attached hydrogens (tertiary/aromatic N) is 3. The number of halogens is 2. The standard InChI is InChI=1S/C19H15Cl2N3OS/c1-23-15(12-6-3-2-4-7-12)10-22-19(23)24-16(25)11-26-18(24)17-13(20)8-5-9-14(17)21/h2-10,18H,11H2,1H3. The number of hydrogen-bond donors (Lipinski definition) is 0. The van der Waals surface area contributed by atoms with E-state index in [4.69, 9.17) is 23.2 Å². The van der Waals surface area contributed by atoms with Gasteiger partial charge in [0.1, 0.15) is 5.37 Å². The maximum absolute atomic E-state index is 12.6. The van der Waals surface area contributed by atoms with Gasteiger partial charge in [0.25, 0.3) is 0 Å². The summed E-state index contributed by atoms with van der Waals surface area (Å²) < 4.78 is 1.93. The van der Waals surface area contributed by atoms with E-state index >= 15 is 0 Å². The summed E-state index contributed by atoms with van der Waals surface area (Å²) >= 11 is 14.3. The highest BCUT2D eigenvalue weighted by atomic mass is 35.5. The van der Waals surface area contributed by atoms with Crippen LogP contribution in [0.5, 0.6) is 0 Å². The number of benzene rings is 2. The van der Waals surface area contributed by atoms with Gasteiger partial charge in [0, 0.05) is 22.7 Å². The second-order valence-electron chi connectivity index (χ2n) is 5.93. The Morgan fingerprint density at radius 3 is 2.46 bits per heavy atom. The number of anilines is 1. The lowest BCUT2D eigenvalue weighted by Gasteiger charge is -2.25. The number of imidazole rings is 1. The summed E-state index contributed by atoms with van der Waals surface area (Å²) in [7, 11) is 1.91. The molecule has 0 saturated carbocycles. The van der Waals surface area contributed by atoms with Crippen molar-refractivity contribution in [3.05, 3.63) is 70.3 Å². The first-order valence-electron chi connectivity index (χ1n) is 8.02. The lowest BCUT2D eigenvalue weighted by Crippen LogP contribution is -2.30. The Hall–Kier alpha value is -1.95. The van der Waals surface area contributed by atoms with Gasteiger partial charge in [0.05, 0.1) is 17.6 Å². The van der Waals surface area contributed by atoms with Crippen molar-refractivity contribution in [2.24, 2.45) is 7.05 Å². The summed E-state index contributed by atoms with van der Waals surface area (Å²) in [6, 6.07) is 15.3. The number of carbonyl (C=O) groups is 1. The molecule has 132 valence electrons. The molecule has 0 spiro atoms. The van der Waals surface area contributed by atoms with E-state index in [2.05, 4.69) is 4.98 Å². The fourth-order valence-corrected chi connectivity index (χ4v) is 5.06. The van der Waals surface area contributed by atoms with E-state index < -0.39 is 0 Å². The first-order valence-corrected chi connectivity index (χ1v) is 9.83. The molecule has 0 radical (unpaired) electrons. The average molecular weight is 404 g/mol. The summed E-state index contributed by atoms with van der Waals surface area (Å²) in [5.74, 6) is 0.934. The van der Waals surface area contributed by atoms with Crippen molar-refractivity contribution in [3.63, 3.8) is 0 Å². The lowest BCUT2D eigenvalue weighted by atomic mass is 10.2. The summed E-state index contributed by atoms with van der Waals surface area (Å²) in [6.45, 7) is 0. The molecule has 7 heteroatoms. The predicted molar refractivity (Wildman–Crippen MR) is 108 cm³/mol. The molecule has 1 atom stereocenters. The molecule has 2 heterocycles. The van der Waals surface area contributed by atoms with Crippen LogP contribution >= 0.6 is 35.0 Å². The molecule has 0 aliphatic carbocycles. The monoisotopic (exact) mass is 403 g/mol. The van der Waals surface area contributed by atoms with Crippen LogP contribution in [-0.2, 0) is 11.8 Å². The molecule has 4 rings (SSSR count). The van der Waals surface area contributed by atoms with Crippen LogP contribution in [0.15, 0.2) is 54.7 Å². The third kappa shape index (κ3) is 2.90. The van der Waals surface area contributed by atoms with Gasteiger partial charge in [-0.3, -0.25) is 9.69 Å². The molecule has 3 aromatic rings. The molecule has 1 fully saturated rings. The van der Waals surface area contributed by atoms with Crippen molar-refractivity contribution < 1.29 is 4.79 Å². The van der Waals surface area contributed by atoms with Crippen LogP contribution in [0.2, 0.25) is 10.0 Å². The van der Waals surface area contributed by atoms with Crippen LogP contribution in [0.1, 0.15) is 10.9 Å². The Balaban J connectivity index is 1.79.